The Morgan fingerprint density at radius 1 is 1.29 bits per heavy atom. The molecule has 0 amide bonds. The summed E-state index contributed by atoms with van der Waals surface area (Å²) in [5, 5.41) is 9.05. The van der Waals surface area contributed by atoms with E-state index in [4.69, 9.17) is 0 Å². The monoisotopic (exact) mass is 309 g/mol. The van der Waals surface area contributed by atoms with E-state index < -0.39 is 9.84 Å². The van der Waals surface area contributed by atoms with Gasteiger partial charge in [0.1, 0.15) is 9.84 Å². The summed E-state index contributed by atoms with van der Waals surface area (Å²) in [6.45, 7) is 6.35. The van der Waals surface area contributed by atoms with E-state index in [9.17, 15) is 8.42 Å². The predicted octanol–water partition coefficient (Wildman–Crippen LogP) is 1.83. The molecule has 5 nitrogen and oxygen atoms in total. The van der Waals surface area contributed by atoms with E-state index in [0.717, 1.165) is 23.1 Å². The lowest BCUT2D eigenvalue weighted by atomic mass is 10.2. The number of para-hydroxylation sites is 1. The fourth-order valence-corrected chi connectivity index (χ4v) is 2.73. The molecule has 1 aromatic carbocycles. The van der Waals surface area contributed by atoms with E-state index in [1.807, 2.05) is 24.3 Å². The van der Waals surface area contributed by atoms with Crippen LogP contribution in [0.1, 0.15) is 19.5 Å². The summed E-state index contributed by atoms with van der Waals surface area (Å²) in [7, 11) is -2.99. The number of nitrogens with zero attached hydrogens (tertiary/aromatic N) is 2. The second kappa shape index (κ2) is 6.58. The van der Waals surface area contributed by atoms with Gasteiger partial charge in [0.15, 0.2) is 0 Å². The van der Waals surface area contributed by atoms with Crippen LogP contribution in [-0.4, -0.2) is 36.8 Å². The van der Waals surface area contributed by atoms with Crippen molar-refractivity contribution in [1.82, 2.24) is 15.1 Å². The Morgan fingerprint density at radius 3 is 2.67 bits per heavy atom. The summed E-state index contributed by atoms with van der Waals surface area (Å²) in [6.07, 6.45) is 1.25. The molecule has 0 aliphatic heterocycles. The molecule has 1 N–H and O–H groups in total. The first-order valence-electron chi connectivity index (χ1n) is 7.19. The molecule has 6 heteroatoms. The van der Waals surface area contributed by atoms with Crippen molar-refractivity contribution in [1.29, 1.82) is 0 Å². The van der Waals surface area contributed by atoms with E-state index in [2.05, 4.69) is 24.3 Å². The highest BCUT2D eigenvalue weighted by Gasteiger charge is 2.11. The Hall–Kier alpha value is -1.40. The molecule has 0 saturated carbocycles. The second-order valence-corrected chi connectivity index (χ2v) is 8.10. The Kier molecular flexibility index (Phi) is 5.00. The Morgan fingerprint density at radius 2 is 2.00 bits per heavy atom. The number of aromatic nitrogens is 2. The van der Waals surface area contributed by atoms with Gasteiger partial charge < -0.3 is 5.32 Å². The van der Waals surface area contributed by atoms with Gasteiger partial charge in [-0.25, -0.2) is 8.42 Å². The molecule has 0 spiro atoms. The van der Waals surface area contributed by atoms with Gasteiger partial charge in [0.25, 0.3) is 0 Å². The maximum absolute atomic E-state index is 11.3. The van der Waals surface area contributed by atoms with Crippen LogP contribution in [0.25, 0.3) is 10.9 Å². The van der Waals surface area contributed by atoms with E-state index in [1.165, 1.54) is 6.26 Å². The molecule has 1 aromatic heterocycles. The summed E-state index contributed by atoms with van der Waals surface area (Å²) in [5.74, 6) is 0.695. The van der Waals surface area contributed by atoms with Gasteiger partial charge in [0.2, 0.25) is 0 Å². The highest BCUT2D eigenvalue weighted by atomic mass is 32.2. The SMILES string of the molecule is CC(C)CNCc1nn(CCS(C)(=O)=O)c2ccccc12. The average Bonchev–Trinajstić information content (AvgIpc) is 2.74. The van der Waals surface area contributed by atoms with Crippen LogP contribution in [-0.2, 0) is 22.9 Å². The molecule has 0 unspecified atom stereocenters. The molecule has 0 aliphatic rings. The topological polar surface area (TPSA) is 64.0 Å². The van der Waals surface area contributed by atoms with Crippen LogP contribution in [0, 0.1) is 5.92 Å². The number of aryl methyl sites for hydroxylation is 1. The van der Waals surface area contributed by atoms with Crippen molar-refractivity contribution in [2.75, 3.05) is 18.6 Å². The van der Waals surface area contributed by atoms with Crippen LogP contribution in [0.2, 0.25) is 0 Å². The van der Waals surface area contributed by atoms with Crippen molar-refractivity contribution in [2.24, 2.45) is 5.92 Å². The van der Waals surface area contributed by atoms with Crippen LogP contribution in [0.4, 0.5) is 0 Å². The first kappa shape index (κ1) is 16.0. The van der Waals surface area contributed by atoms with Crippen molar-refractivity contribution >= 4 is 20.7 Å². The molecule has 0 saturated heterocycles. The number of fused-ring (bicyclic) bond motifs is 1. The standard InChI is InChI=1S/C15H23N3O2S/c1-12(2)10-16-11-14-13-6-4-5-7-15(13)18(17-14)8-9-21(3,19)20/h4-7,12,16H,8-11H2,1-3H3. The third kappa shape index (κ3) is 4.54. The van der Waals surface area contributed by atoms with Crippen LogP contribution in [0.15, 0.2) is 24.3 Å². The van der Waals surface area contributed by atoms with Crippen LogP contribution >= 0.6 is 0 Å². The highest BCUT2D eigenvalue weighted by molar-refractivity contribution is 7.90. The molecule has 0 radical (unpaired) electrons. The quantitative estimate of drug-likeness (QED) is 0.847. The Labute approximate surface area is 126 Å². The van der Waals surface area contributed by atoms with Gasteiger partial charge in [0, 0.05) is 18.2 Å². The van der Waals surface area contributed by atoms with Crippen LogP contribution in [0.5, 0.6) is 0 Å². The fourth-order valence-electron chi connectivity index (χ4n) is 2.23. The summed E-state index contributed by atoms with van der Waals surface area (Å²) < 4.78 is 24.5. The number of nitrogens with one attached hydrogen (secondary N) is 1. The van der Waals surface area contributed by atoms with Crippen LogP contribution < -0.4 is 5.32 Å². The lowest BCUT2D eigenvalue weighted by Crippen LogP contribution is -2.19. The lowest BCUT2D eigenvalue weighted by molar-refractivity contribution is 0.542. The largest absolute Gasteiger partial charge is 0.311 e. The normalized spacial score (nSPS) is 12.4. The molecule has 1 heterocycles. The van der Waals surface area contributed by atoms with E-state index in [0.29, 0.717) is 19.0 Å². The second-order valence-electron chi connectivity index (χ2n) is 5.84. The zero-order valence-corrected chi connectivity index (χ0v) is 13.7. The smallest absolute Gasteiger partial charge is 0.149 e. The first-order chi connectivity index (χ1) is 9.87. The van der Waals surface area contributed by atoms with E-state index in [1.54, 1.807) is 4.68 Å². The van der Waals surface area contributed by atoms with E-state index >= 15 is 0 Å². The molecule has 2 aromatic rings. The molecule has 116 valence electrons. The van der Waals surface area contributed by atoms with Gasteiger partial charge in [-0.1, -0.05) is 32.0 Å². The summed E-state index contributed by atoms with van der Waals surface area (Å²) >= 11 is 0. The average molecular weight is 309 g/mol. The summed E-state index contributed by atoms with van der Waals surface area (Å²) in [6, 6.07) is 7.95. The minimum absolute atomic E-state index is 0.109. The zero-order chi connectivity index (χ0) is 15.5. The summed E-state index contributed by atoms with van der Waals surface area (Å²) in [5.41, 5.74) is 1.96. The number of hydrogen-bond donors (Lipinski definition) is 1. The first-order valence-corrected chi connectivity index (χ1v) is 9.26. The molecule has 0 bridgehead atoms. The summed E-state index contributed by atoms with van der Waals surface area (Å²) in [4.78, 5) is 0. The third-order valence-corrected chi connectivity index (χ3v) is 4.18. The van der Waals surface area contributed by atoms with Crippen molar-refractivity contribution in [3.8, 4) is 0 Å². The maximum Gasteiger partial charge on any atom is 0.149 e. The Balaban J connectivity index is 2.21. The third-order valence-electron chi connectivity index (χ3n) is 3.25. The molecule has 2 rings (SSSR count). The molecule has 21 heavy (non-hydrogen) atoms. The van der Waals surface area contributed by atoms with Crippen molar-refractivity contribution < 1.29 is 8.42 Å². The minimum Gasteiger partial charge on any atom is -0.311 e. The van der Waals surface area contributed by atoms with Crippen molar-refractivity contribution in [3.05, 3.63) is 30.0 Å². The highest BCUT2D eigenvalue weighted by Crippen LogP contribution is 2.18. The minimum atomic E-state index is -2.99. The number of sulfone groups is 1. The molecule has 0 atom stereocenters. The molecule has 0 aliphatic carbocycles. The number of hydrogen-bond acceptors (Lipinski definition) is 4. The number of rotatable bonds is 7. The predicted molar refractivity (Wildman–Crippen MR) is 86.0 cm³/mol. The Bertz CT molecular complexity index is 705. The maximum atomic E-state index is 11.3. The molecular formula is C15H23N3O2S. The zero-order valence-electron chi connectivity index (χ0n) is 12.8. The van der Waals surface area contributed by atoms with Crippen molar-refractivity contribution in [3.63, 3.8) is 0 Å². The van der Waals surface area contributed by atoms with Gasteiger partial charge in [-0.05, 0) is 18.5 Å². The number of benzene rings is 1. The van der Waals surface area contributed by atoms with Gasteiger partial charge in [-0.2, -0.15) is 5.10 Å². The van der Waals surface area contributed by atoms with Gasteiger partial charge in [-0.15, -0.1) is 0 Å². The van der Waals surface area contributed by atoms with Gasteiger partial charge >= 0.3 is 0 Å². The van der Waals surface area contributed by atoms with Crippen LogP contribution in [0.3, 0.4) is 0 Å². The van der Waals surface area contributed by atoms with Crippen molar-refractivity contribution in [2.45, 2.75) is 26.9 Å². The van der Waals surface area contributed by atoms with Gasteiger partial charge in [0.05, 0.1) is 23.5 Å². The fraction of sp³-hybridized carbons (Fsp3) is 0.533. The van der Waals surface area contributed by atoms with E-state index in [-0.39, 0.29) is 5.75 Å². The molecular weight excluding hydrogens is 286 g/mol. The lowest BCUT2D eigenvalue weighted by Gasteiger charge is -2.05. The van der Waals surface area contributed by atoms with Gasteiger partial charge in [-0.3, -0.25) is 4.68 Å². The molecule has 0 fully saturated rings.